The van der Waals surface area contributed by atoms with Crippen LogP contribution in [-0.2, 0) is 11.4 Å². The van der Waals surface area contributed by atoms with Gasteiger partial charge in [-0.3, -0.25) is 9.59 Å². The van der Waals surface area contributed by atoms with Gasteiger partial charge in [0, 0.05) is 17.5 Å². The van der Waals surface area contributed by atoms with E-state index in [1.807, 2.05) is 55.5 Å². The molecule has 28 heavy (non-hydrogen) atoms. The maximum atomic E-state index is 12.8. The molecule has 0 spiro atoms. The Morgan fingerprint density at radius 2 is 1.79 bits per heavy atom. The summed E-state index contributed by atoms with van der Waals surface area (Å²) >= 11 is 0. The Hall–Kier alpha value is -3.28. The molecule has 0 saturated carbocycles. The predicted octanol–water partition coefficient (Wildman–Crippen LogP) is 3.66. The number of carbonyl (C=O) groups excluding carboxylic acids is 2. The normalized spacial score (nSPS) is 11.8. The molecule has 2 amide bonds. The largest absolute Gasteiger partial charge is 0.489 e. The van der Waals surface area contributed by atoms with Crippen LogP contribution in [0.2, 0.25) is 0 Å². The molecular weight excluding hydrogens is 356 g/mol. The number of fused-ring (bicyclic) bond motifs is 1. The molecule has 3 rings (SSSR count). The third kappa shape index (κ3) is 4.52. The van der Waals surface area contributed by atoms with E-state index in [1.54, 1.807) is 13.0 Å². The Balaban J connectivity index is 1.81. The summed E-state index contributed by atoms with van der Waals surface area (Å²) in [5.74, 6) is 0.189. The van der Waals surface area contributed by atoms with Crippen molar-refractivity contribution in [2.75, 3.05) is 6.54 Å². The van der Waals surface area contributed by atoms with Crippen LogP contribution in [0.4, 0.5) is 0 Å². The zero-order chi connectivity index (χ0) is 19.9. The van der Waals surface area contributed by atoms with Crippen molar-refractivity contribution in [3.05, 3.63) is 65.9 Å². The van der Waals surface area contributed by atoms with Crippen LogP contribution in [0, 0.1) is 0 Å². The summed E-state index contributed by atoms with van der Waals surface area (Å²) < 4.78 is 11.6. The number of para-hydroxylation sites is 2. The average Bonchev–Trinajstić information content (AvgIpc) is 3.10. The van der Waals surface area contributed by atoms with Crippen LogP contribution in [0.25, 0.3) is 11.0 Å². The predicted molar refractivity (Wildman–Crippen MR) is 107 cm³/mol. The highest BCUT2D eigenvalue weighted by atomic mass is 16.5. The van der Waals surface area contributed by atoms with Crippen LogP contribution in [0.15, 0.2) is 59.0 Å². The molecule has 0 radical (unpaired) electrons. The summed E-state index contributed by atoms with van der Waals surface area (Å²) in [5.41, 5.74) is 1.25. The lowest BCUT2D eigenvalue weighted by atomic mass is 10.1. The fourth-order valence-electron chi connectivity index (χ4n) is 2.83. The summed E-state index contributed by atoms with van der Waals surface area (Å²) in [6.07, 6.45) is 0.830. The van der Waals surface area contributed by atoms with Gasteiger partial charge in [0.25, 0.3) is 5.91 Å². The molecule has 0 unspecified atom stereocenters. The van der Waals surface area contributed by atoms with E-state index in [1.165, 1.54) is 0 Å². The van der Waals surface area contributed by atoms with Crippen molar-refractivity contribution in [2.24, 2.45) is 0 Å². The second kappa shape index (κ2) is 9.08. The van der Waals surface area contributed by atoms with Crippen LogP contribution >= 0.6 is 0 Å². The number of ether oxygens (including phenoxy) is 1. The standard InChI is InChI=1S/C22H24N2O4/c1-3-13-23-21(25)15(2)24-22(26)20-18(14-27-16-9-5-4-6-10-16)17-11-7-8-12-19(17)28-20/h4-12,15H,3,13-14H2,1-2H3,(H,23,25)(H,24,26)/t15-/m1/s1. The molecule has 6 heteroatoms. The fraction of sp³-hybridized carbons (Fsp3) is 0.273. The zero-order valence-electron chi connectivity index (χ0n) is 16.0. The van der Waals surface area contributed by atoms with Gasteiger partial charge in [-0.05, 0) is 31.5 Å². The van der Waals surface area contributed by atoms with E-state index in [2.05, 4.69) is 10.6 Å². The number of hydrogen-bond acceptors (Lipinski definition) is 4. The Kier molecular flexibility index (Phi) is 6.32. The molecule has 1 heterocycles. The monoisotopic (exact) mass is 380 g/mol. The van der Waals surface area contributed by atoms with E-state index < -0.39 is 11.9 Å². The number of hydrogen-bond donors (Lipinski definition) is 2. The maximum Gasteiger partial charge on any atom is 0.288 e. The first-order valence-corrected chi connectivity index (χ1v) is 9.37. The second-order valence-electron chi connectivity index (χ2n) is 6.49. The molecule has 0 aliphatic heterocycles. The van der Waals surface area contributed by atoms with Crippen LogP contribution in [0.1, 0.15) is 36.4 Å². The molecule has 6 nitrogen and oxygen atoms in total. The first-order valence-electron chi connectivity index (χ1n) is 9.37. The molecule has 1 atom stereocenters. The molecule has 0 aliphatic rings. The second-order valence-corrected chi connectivity index (χ2v) is 6.49. The van der Waals surface area contributed by atoms with Gasteiger partial charge in [0.15, 0.2) is 5.76 Å². The summed E-state index contributed by atoms with van der Waals surface area (Å²) in [6, 6.07) is 16.1. The molecule has 2 aromatic carbocycles. The minimum Gasteiger partial charge on any atom is -0.489 e. The first-order chi connectivity index (χ1) is 13.6. The van der Waals surface area contributed by atoms with Crippen molar-refractivity contribution in [1.29, 1.82) is 0 Å². The molecule has 1 aromatic heterocycles. The number of benzene rings is 2. The van der Waals surface area contributed by atoms with Crippen molar-refractivity contribution in [3.8, 4) is 5.75 Å². The molecule has 2 N–H and O–H groups in total. The minimum absolute atomic E-state index is 0.160. The third-order valence-electron chi connectivity index (χ3n) is 4.32. The molecule has 146 valence electrons. The van der Waals surface area contributed by atoms with Crippen molar-refractivity contribution >= 4 is 22.8 Å². The van der Waals surface area contributed by atoms with Gasteiger partial charge in [-0.2, -0.15) is 0 Å². The van der Waals surface area contributed by atoms with Crippen LogP contribution in [0.3, 0.4) is 0 Å². The van der Waals surface area contributed by atoms with E-state index in [0.717, 1.165) is 11.8 Å². The van der Waals surface area contributed by atoms with Gasteiger partial charge in [0.2, 0.25) is 5.91 Å². The summed E-state index contributed by atoms with van der Waals surface area (Å²) in [7, 11) is 0. The van der Waals surface area contributed by atoms with Crippen molar-refractivity contribution in [1.82, 2.24) is 10.6 Å². The molecule has 0 saturated heterocycles. The van der Waals surface area contributed by atoms with Gasteiger partial charge in [0.05, 0.1) is 0 Å². The molecule has 3 aromatic rings. The number of nitrogens with one attached hydrogen (secondary N) is 2. The van der Waals surface area contributed by atoms with Gasteiger partial charge in [-0.15, -0.1) is 0 Å². The Bertz CT molecular complexity index is 950. The third-order valence-corrected chi connectivity index (χ3v) is 4.32. The zero-order valence-corrected chi connectivity index (χ0v) is 16.0. The van der Waals surface area contributed by atoms with Gasteiger partial charge in [0.1, 0.15) is 24.0 Å². The summed E-state index contributed by atoms with van der Waals surface area (Å²) in [6.45, 7) is 4.36. The Morgan fingerprint density at radius 1 is 1.07 bits per heavy atom. The first kappa shape index (κ1) is 19.5. The Labute approximate surface area is 163 Å². The number of rotatable bonds is 8. The van der Waals surface area contributed by atoms with E-state index in [9.17, 15) is 9.59 Å². The van der Waals surface area contributed by atoms with E-state index in [-0.39, 0.29) is 18.3 Å². The average molecular weight is 380 g/mol. The lowest BCUT2D eigenvalue weighted by molar-refractivity contribution is -0.122. The molecule has 0 bridgehead atoms. The minimum atomic E-state index is -0.671. The fourth-order valence-corrected chi connectivity index (χ4v) is 2.83. The van der Waals surface area contributed by atoms with Crippen molar-refractivity contribution in [2.45, 2.75) is 32.9 Å². The highest BCUT2D eigenvalue weighted by molar-refractivity contribution is 6.00. The number of amides is 2. The number of carbonyl (C=O) groups is 2. The van der Waals surface area contributed by atoms with E-state index >= 15 is 0 Å². The lowest BCUT2D eigenvalue weighted by Crippen LogP contribution is -2.45. The quantitative estimate of drug-likeness (QED) is 0.625. The topological polar surface area (TPSA) is 80.6 Å². The van der Waals surface area contributed by atoms with Crippen LogP contribution < -0.4 is 15.4 Å². The molecule has 0 fully saturated rings. The van der Waals surface area contributed by atoms with Gasteiger partial charge >= 0.3 is 0 Å². The molecule has 0 aliphatic carbocycles. The van der Waals surface area contributed by atoms with Crippen LogP contribution in [0.5, 0.6) is 5.75 Å². The van der Waals surface area contributed by atoms with Gasteiger partial charge in [-0.25, -0.2) is 0 Å². The summed E-state index contributed by atoms with van der Waals surface area (Å²) in [4.78, 5) is 24.9. The SMILES string of the molecule is CCCNC(=O)[C@@H](C)NC(=O)c1oc2ccccc2c1COc1ccccc1. The highest BCUT2D eigenvalue weighted by Crippen LogP contribution is 2.27. The van der Waals surface area contributed by atoms with Gasteiger partial charge < -0.3 is 19.8 Å². The maximum absolute atomic E-state index is 12.8. The van der Waals surface area contributed by atoms with Gasteiger partial charge in [-0.1, -0.05) is 43.3 Å². The van der Waals surface area contributed by atoms with E-state index in [0.29, 0.717) is 23.4 Å². The highest BCUT2D eigenvalue weighted by Gasteiger charge is 2.24. The van der Waals surface area contributed by atoms with E-state index in [4.69, 9.17) is 9.15 Å². The molecular formula is C22H24N2O4. The smallest absolute Gasteiger partial charge is 0.288 e. The number of furan rings is 1. The lowest BCUT2D eigenvalue weighted by Gasteiger charge is -2.13. The van der Waals surface area contributed by atoms with Crippen LogP contribution in [-0.4, -0.2) is 24.4 Å². The van der Waals surface area contributed by atoms with Crippen molar-refractivity contribution in [3.63, 3.8) is 0 Å². The summed E-state index contributed by atoms with van der Waals surface area (Å²) in [5, 5.41) is 6.28. The Morgan fingerprint density at radius 3 is 2.54 bits per heavy atom. The van der Waals surface area contributed by atoms with Crippen molar-refractivity contribution < 1.29 is 18.7 Å².